The van der Waals surface area contributed by atoms with E-state index >= 15 is 0 Å². The van der Waals surface area contributed by atoms with E-state index in [1.54, 1.807) is 19.2 Å². The molecule has 0 spiro atoms. The number of benzene rings is 1. The van der Waals surface area contributed by atoms with Crippen molar-refractivity contribution >= 4 is 5.97 Å². The van der Waals surface area contributed by atoms with Gasteiger partial charge in [-0.25, -0.2) is 4.79 Å². The van der Waals surface area contributed by atoms with Crippen LogP contribution < -0.4 is 0 Å². The van der Waals surface area contributed by atoms with E-state index in [1.165, 1.54) is 0 Å². The number of methoxy groups -OCH3 is 1. The highest BCUT2D eigenvalue weighted by Gasteiger charge is 2.01. The quantitative estimate of drug-likeness (QED) is 0.714. The fourth-order valence-electron chi connectivity index (χ4n) is 1.25. The van der Waals surface area contributed by atoms with Crippen LogP contribution in [0.5, 0.6) is 0 Å². The fourth-order valence-corrected chi connectivity index (χ4v) is 1.25. The lowest BCUT2D eigenvalue weighted by Gasteiger charge is -2.04. The molecule has 0 saturated carbocycles. The molecule has 0 aromatic heterocycles. The number of rotatable bonds is 7. The van der Waals surface area contributed by atoms with Gasteiger partial charge in [0, 0.05) is 7.11 Å². The zero-order valence-corrected chi connectivity index (χ0v) is 9.31. The molecule has 1 rings (SSSR count). The van der Waals surface area contributed by atoms with Gasteiger partial charge < -0.3 is 14.6 Å². The van der Waals surface area contributed by atoms with E-state index in [0.29, 0.717) is 25.4 Å². The molecular formula is C12H16O4. The molecule has 88 valence electrons. The lowest BCUT2D eigenvalue weighted by molar-refractivity contribution is 0.0696. The summed E-state index contributed by atoms with van der Waals surface area (Å²) >= 11 is 0. The summed E-state index contributed by atoms with van der Waals surface area (Å²) in [5, 5.41) is 8.71. The Morgan fingerprint density at radius 3 is 2.44 bits per heavy atom. The maximum absolute atomic E-state index is 10.6. The van der Waals surface area contributed by atoms with Crippen molar-refractivity contribution in [2.75, 3.05) is 26.9 Å². The molecular weight excluding hydrogens is 208 g/mol. The van der Waals surface area contributed by atoms with E-state index in [4.69, 9.17) is 14.6 Å². The molecule has 0 atom stereocenters. The SMILES string of the molecule is COCCOCCc1ccc(C(=O)O)cc1. The minimum Gasteiger partial charge on any atom is -0.478 e. The maximum Gasteiger partial charge on any atom is 0.335 e. The Bertz CT molecular complexity index is 318. The number of hydrogen-bond acceptors (Lipinski definition) is 3. The summed E-state index contributed by atoms with van der Waals surface area (Å²) in [7, 11) is 1.63. The Morgan fingerprint density at radius 1 is 1.19 bits per heavy atom. The molecule has 0 heterocycles. The van der Waals surface area contributed by atoms with E-state index < -0.39 is 5.97 Å². The van der Waals surface area contributed by atoms with Crippen LogP contribution in [0.4, 0.5) is 0 Å². The minimum absolute atomic E-state index is 0.309. The summed E-state index contributed by atoms with van der Waals surface area (Å²) < 4.78 is 10.2. The Kier molecular flexibility index (Phi) is 5.53. The first-order valence-electron chi connectivity index (χ1n) is 5.13. The van der Waals surface area contributed by atoms with Gasteiger partial charge in [0.1, 0.15) is 0 Å². The molecule has 0 aliphatic carbocycles. The van der Waals surface area contributed by atoms with Crippen molar-refractivity contribution in [3.63, 3.8) is 0 Å². The number of ether oxygens (including phenoxy) is 2. The van der Waals surface area contributed by atoms with Crippen LogP contribution in [0.3, 0.4) is 0 Å². The first-order valence-corrected chi connectivity index (χ1v) is 5.13. The predicted molar refractivity (Wildman–Crippen MR) is 59.8 cm³/mol. The van der Waals surface area contributed by atoms with Gasteiger partial charge in [-0.05, 0) is 24.1 Å². The average molecular weight is 224 g/mol. The minimum atomic E-state index is -0.900. The largest absolute Gasteiger partial charge is 0.478 e. The zero-order chi connectivity index (χ0) is 11.8. The molecule has 0 saturated heterocycles. The lowest BCUT2D eigenvalue weighted by atomic mass is 10.1. The molecule has 1 aromatic rings. The fraction of sp³-hybridized carbons (Fsp3) is 0.417. The van der Waals surface area contributed by atoms with E-state index in [2.05, 4.69) is 0 Å². The second-order valence-electron chi connectivity index (χ2n) is 3.36. The van der Waals surface area contributed by atoms with Gasteiger partial charge in [0.25, 0.3) is 0 Å². The van der Waals surface area contributed by atoms with Crippen molar-refractivity contribution in [1.29, 1.82) is 0 Å². The Labute approximate surface area is 94.8 Å². The topological polar surface area (TPSA) is 55.8 Å². The summed E-state index contributed by atoms with van der Waals surface area (Å²) in [6, 6.07) is 6.83. The van der Waals surface area contributed by atoms with Crippen LogP contribution in [-0.2, 0) is 15.9 Å². The first-order chi connectivity index (χ1) is 7.74. The molecule has 1 N–H and O–H groups in total. The third-order valence-electron chi connectivity index (χ3n) is 2.17. The maximum atomic E-state index is 10.6. The highest BCUT2D eigenvalue weighted by atomic mass is 16.5. The van der Waals surface area contributed by atoms with Crippen molar-refractivity contribution < 1.29 is 19.4 Å². The van der Waals surface area contributed by atoms with Gasteiger partial charge in [0.15, 0.2) is 0 Å². The number of carbonyl (C=O) groups is 1. The lowest BCUT2D eigenvalue weighted by Crippen LogP contribution is -2.05. The molecule has 16 heavy (non-hydrogen) atoms. The molecule has 4 heteroatoms. The van der Waals surface area contributed by atoms with Gasteiger partial charge in [0.05, 0.1) is 25.4 Å². The Hall–Kier alpha value is -1.39. The van der Waals surface area contributed by atoms with Crippen molar-refractivity contribution in [1.82, 2.24) is 0 Å². The smallest absolute Gasteiger partial charge is 0.335 e. The average Bonchev–Trinajstić information content (AvgIpc) is 2.29. The zero-order valence-electron chi connectivity index (χ0n) is 9.31. The molecule has 0 radical (unpaired) electrons. The van der Waals surface area contributed by atoms with E-state index in [-0.39, 0.29) is 0 Å². The van der Waals surface area contributed by atoms with E-state index in [9.17, 15) is 4.79 Å². The third-order valence-corrected chi connectivity index (χ3v) is 2.17. The van der Waals surface area contributed by atoms with E-state index in [0.717, 1.165) is 12.0 Å². The van der Waals surface area contributed by atoms with Crippen LogP contribution in [0.25, 0.3) is 0 Å². The number of hydrogen-bond donors (Lipinski definition) is 1. The van der Waals surface area contributed by atoms with Crippen LogP contribution in [-0.4, -0.2) is 38.0 Å². The molecule has 1 aromatic carbocycles. The molecule has 0 aliphatic heterocycles. The van der Waals surface area contributed by atoms with Crippen LogP contribution in [0, 0.1) is 0 Å². The van der Waals surface area contributed by atoms with Crippen molar-refractivity contribution in [3.8, 4) is 0 Å². The van der Waals surface area contributed by atoms with Gasteiger partial charge in [-0.2, -0.15) is 0 Å². The monoisotopic (exact) mass is 224 g/mol. The Balaban J connectivity index is 2.29. The Morgan fingerprint density at radius 2 is 1.88 bits per heavy atom. The number of aromatic carboxylic acids is 1. The second-order valence-corrected chi connectivity index (χ2v) is 3.36. The molecule has 0 unspecified atom stereocenters. The van der Waals surface area contributed by atoms with Crippen LogP contribution in [0.2, 0.25) is 0 Å². The van der Waals surface area contributed by atoms with Crippen molar-refractivity contribution in [2.24, 2.45) is 0 Å². The molecule has 4 nitrogen and oxygen atoms in total. The van der Waals surface area contributed by atoms with Crippen molar-refractivity contribution in [2.45, 2.75) is 6.42 Å². The molecule has 0 bridgehead atoms. The second kappa shape index (κ2) is 6.98. The van der Waals surface area contributed by atoms with Crippen LogP contribution in [0.15, 0.2) is 24.3 Å². The van der Waals surface area contributed by atoms with E-state index in [1.807, 2.05) is 12.1 Å². The van der Waals surface area contributed by atoms with Gasteiger partial charge in [0.2, 0.25) is 0 Å². The molecule has 0 fully saturated rings. The predicted octanol–water partition coefficient (Wildman–Crippen LogP) is 1.59. The highest BCUT2D eigenvalue weighted by Crippen LogP contribution is 2.05. The first kappa shape index (κ1) is 12.7. The summed E-state index contributed by atoms with van der Waals surface area (Å²) in [5.74, 6) is -0.900. The summed E-state index contributed by atoms with van der Waals surface area (Å²) in [5.41, 5.74) is 1.38. The van der Waals surface area contributed by atoms with Crippen molar-refractivity contribution in [3.05, 3.63) is 35.4 Å². The van der Waals surface area contributed by atoms with Gasteiger partial charge in [-0.3, -0.25) is 0 Å². The summed E-state index contributed by atoms with van der Waals surface area (Å²) in [4.78, 5) is 10.6. The van der Waals surface area contributed by atoms with Crippen LogP contribution >= 0.6 is 0 Å². The highest BCUT2D eigenvalue weighted by molar-refractivity contribution is 5.87. The summed E-state index contributed by atoms with van der Waals surface area (Å²) in [6.45, 7) is 1.80. The van der Waals surface area contributed by atoms with Gasteiger partial charge in [-0.1, -0.05) is 12.1 Å². The standard InChI is InChI=1S/C12H16O4/c1-15-8-9-16-7-6-10-2-4-11(5-3-10)12(13)14/h2-5H,6-9H2,1H3,(H,13,14). The normalized spacial score (nSPS) is 10.3. The summed E-state index contributed by atoms with van der Waals surface area (Å²) in [6.07, 6.45) is 0.781. The number of carboxylic acid groups (broad SMARTS) is 1. The van der Waals surface area contributed by atoms with Gasteiger partial charge >= 0.3 is 5.97 Å². The van der Waals surface area contributed by atoms with Crippen LogP contribution in [0.1, 0.15) is 15.9 Å². The van der Waals surface area contributed by atoms with Gasteiger partial charge in [-0.15, -0.1) is 0 Å². The molecule has 0 aliphatic rings. The third kappa shape index (κ3) is 4.42. The molecule has 0 amide bonds. The number of carboxylic acids is 1.